The third-order valence-electron chi connectivity index (χ3n) is 2.60. The van der Waals surface area contributed by atoms with E-state index in [2.05, 4.69) is 34.8 Å². The molecular weight excluding hydrogens is 268 g/mol. The quantitative estimate of drug-likeness (QED) is 0.797. The normalized spacial score (nSPS) is 12.2. The zero-order chi connectivity index (χ0) is 12.1. The lowest BCUT2D eigenvalue weighted by Gasteiger charge is -2.20. The monoisotopic (exact) mass is 284 g/mol. The number of amides is 1. The van der Waals surface area contributed by atoms with Crippen LogP contribution in [0.5, 0.6) is 0 Å². The molecule has 0 fully saturated rings. The van der Waals surface area contributed by atoms with Gasteiger partial charge in [-0.25, -0.2) is 4.98 Å². The average Bonchev–Trinajstić information content (AvgIpc) is 2.27. The van der Waals surface area contributed by atoms with Crippen molar-refractivity contribution >= 4 is 21.8 Å². The zero-order valence-electron chi connectivity index (χ0n) is 9.90. The van der Waals surface area contributed by atoms with Gasteiger partial charge in [-0.15, -0.1) is 0 Å². The molecule has 0 aliphatic heterocycles. The van der Waals surface area contributed by atoms with Crippen molar-refractivity contribution in [2.45, 2.75) is 20.3 Å². The number of aromatic nitrogens is 1. The van der Waals surface area contributed by atoms with Crippen molar-refractivity contribution in [2.75, 3.05) is 13.6 Å². The predicted molar refractivity (Wildman–Crippen MR) is 68.4 cm³/mol. The van der Waals surface area contributed by atoms with Crippen LogP contribution in [0.3, 0.4) is 0 Å². The number of hydrogen-bond donors (Lipinski definition) is 0. The Balaban J connectivity index is 2.70. The van der Waals surface area contributed by atoms with E-state index in [1.165, 1.54) is 0 Å². The fourth-order valence-electron chi connectivity index (χ4n) is 1.44. The smallest absolute Gasteiger partial charge is 0.253 e. The maximum Gasteiger partial charge on any atom is 0.253 e. The van der Waals surface area contributed by atoms with E-state index in [1.807, 2.05) is 7.05 Å². The van der Waals surface area contributed by atoms with Crippen LogP contribution in [0.25, 0.3) is 0 Å². The second-order valence-corrected chi connectivity index (χ2v) is 4.88. The molecule has 1 aromatic rings. The predicted octanol–water partition coefficient (Wildman–Crippen LogP) is 2.96. The van der Waals surface area contributed by atoms with Gasteiger partial charge in [-0.2, -0.15) is 0 Å². The van der Waals surface area contributed by atoms with Crippen LogP contribution in [-0.4, -0.2) is 29.4 Å². The number of rotatable bonds is 4. The fraction of sp³-hybridized carbons (Fsp3) is 0.500. The Morgan fingerprint density at radius 3 is 2.88 bits per heavy atom. The summed E-state index contributed by atoms with van der Waals surface area (Å²) in [5.41, 5.74) is 0.674. The molecule has 0 aromatic carbocycles. The molecule has 0 aliphatic rings. The highest BCUT2D eigenvalue weighted by molar-refractivity contribution is 9.10. The van der Waals surface area contributed by atoms with E-state index in [-0.39, 0.29) is 5.91 Å². The van der Waals surface area contributed by atoms with Gasteiger partial charge in [-0.05, 0) is 34.0 Å². The van der Waals surface area contributed by atoms with Crippen LogP contribution in [-0.2, 0) is 0 Å². The van der Waals surface area contributed by atoms with Gasteiger partial charge in [0.2, 0.25) is 0 Å². The fourth-order valence-corrected chi connectivity index (χ4v) is 1.80. The summed E-state index contributed by atoms with van der Waals surface area (Å²) >= 11 is 3.26. The van der Waals surface area contributed by atoms with Crippen LogP contribution in [0.4, 0.5) is 0 Å². The first-order valence-corrected chi connectivity index (χ1v) is 6.21. The molecule has 1 rings (SSSR count). The Morgan fingerprint density at radius 2 is 2.31 bits per heavy atom. The SMILES string of the molecule is CCC(C)CN(C)C(=O)c1ccnc(Br)c1. The van der Waals surface area contributed by atoms with Crippen LogP contribution in [0.1, 0.15) is 30.6 Å². The largest absolute Gasteiger partial charge is 0.341 e. The molecule has 0 saturated carbocycles. The van der Waals surface area contributed by atoms with Gasteiger partial charge in [0.1, 0.15) is 4.60 Å². The van der Waals surface area contributed by atoms with Crippen LogP contribution in [0, 0.1) is 5.92 Å². The molecule has 0 spiro atoms. The van der Waals surface area contributed by atoms with E-state index in [0.717, 1.165) is 13.0 Å². The van der Waals surface area contributed by atoms with Crippen molar-refractivity contribution in [2.24, 2.45) is 5.92 Å². The topological polar surface area (TPSA) is 33.2 Å². The number of hydrogen-bond acceptors (Lipinski definition) is 2. The van der Waals surface area contributed by atoms with Crippen molar-refractivity contribution in [3.63, 3.8) is 0 Å². The second-order valence-electron chi connectivity index (χ2n) is 4.07. The summed E-state index contributed by atoms with van der Waals surface area (Å²) in [5, 5.41) is 0. The Kier molecular flexibility index (Phi) is 4.93. The highest BCUT2D eigenvalue weighted by atomic mass is 79.9. The molecule has 0 aliphatic carbocycles. The molecular formula is C12H17BrN2O. The molecule has 1 amide bonds. The van der Waals surface area contributed by atoms with Gasteiger partial charge in [-0.1, -0.05) is 20.3 Å². The summed E-state index contributed by atoms with van der Waals surface area (Å²) in [6, 6.07) is 3.48. The van der Waals surface area contributed by atoms with Crippen molar-refractivity contribution in [3.05, 3.63) is 28.5 Å². The van der Waals surface area contributed by atoms with E-state index in [1.54, 1.807) is 23.2 Å². The van der Waals surface area contributed by atoms with Gasteiger partial charge < -0.3 is 4.90 Å². The number of pyridine rings is 1. The lowest BCUT2D eigenvalue weighted by atomic mass is 10.1. The van der Waals surface area contributed by atoms with Crippen molar-refractivity contribution in [1.82, 2.24) is 9.88 Å². The maximum absolute atomic E-state index is 12.0. The standard InChI is InChI=1S/C12H17BrN2O/c1-4-9(2)8-15(3)12(16)10-5-6-14-11(13)7-10/h5-7,9H,4,8H2,1-3H3. The lowest BCUT2D eigenvalue weighted by molar-refractivity contribution is 0.0774. The Labute approximate surface area is 105 Å². The highest BCUT2D eigenvalue weighted by Gasteiger charge is 2.13. The van der Waals surface area contributed by atoms with Crippen molar-refractivity contribution in [3.8, 4) is 0 Å². The molecule has 1 atom stereocenters. The molecule has 16 heavy (non-hydrogen) atoms. The summed E-state index contributed by atoms with van der Waals surface area (Å²) in [6.07, 6.45) is 2.71. The maximum atomic E-state index is 12.0. The number of carbonyl (C=O) groups is 1. The van der Waals surface area contributed by atoms with Gasteiger partial charge in [0, 0.05) is 25.4 Å². The molecule has 1 unspecified atom stereocenters. The van der Waals surface area contributed by atoms with Crippen LogP contribution >= 0.6 is 15.9 Å². The zero-order valence-corrected chi connectivity index (χ0v) is 11.5. The van der Waals surface area contributed by atoms with Crippen molar-refractivity contribution < 1.29 is 4.79 Å². The Bertz CT molecular complexity index is 368. The van der Waals surface area contributed by atoms with Crippen molar-refractivity contribution in [1.29, 1.82) is 0 Å². The van der Waals surface area contributed by atoms with E-state index < -0.39 is 0 Å². The minimum Gasteiger partial charge on any atom is -0.341 e. The van der Waals surface area contributed by atoms with Crippen LogP contribution < -0.4 is 0 Å². The molecule has 0 saturated heterocycles. The second kappa shape index (κ2) is 5.99. The third-order valence-corrected chi connectivity index (χ3v) is 3.04. The lowest BCUT2D eigenvalue weighted by Crippen LogP contribution is -2.30. The number of halogens is 1. The molecule has 0 bridgehead atoms. The molecule has 0 radical (unpaired) electrons. The van der Waals surface area contributed by atoms with Gasteiger partial charge in [0.25, 0.3) is 5.91 Å². The van der Waals surface area contributed by atoms with E-state index in [9.17, 15) is 4.79 Å². The molecule has 1 aromatic heterocycles. The minimum absolute atomic E-state index is 0.0448. The molecule has 88 valence electrons. The molecule has 4 heteroatoms. The van der Waals surface area contributed by atoms with E-state index in [4.69, 9.17) is 0 Å². The first-order valence-electron chi connectivity index (χ1n) is 5.41. The number of carbonyl (C=O) groups excluding carboxylic acids is 1. The summed E-state index contributed by atoms with van der Waals surface area (Å²) in [5.74, 6) is 0.572. The average molecular weight is 285 g/mol. The van der Waals surface area contributed by atoms with E-state index in [0.29, 0.717) is 16.1 Å². The van der Waals surface area contributed by atoms with Gasteiger partial charge >= 0.3 is 0 Å². The first kappa shape index (κ1) is 13.2. The summed E-state index contributed by atoms with van der Waals surface area (Å²) in [6.45, 7) is 5.06. The first-order chi connectivity index (χ1) is 7.54. The molecule has 1 heterocycles. The number of nitrogens with zero attached hydrogens (tertiary/aromatic N) is 2. The summed E-state index contributed by atoms with van der Waals surface area (Å²) < 4.78 is 0.690. The van der Waals surface area contributed by atoms with Gasteiger partial charge in [0.15, 0.2) is 0 Å². The highest BCUT2D eigenvalue weighted by Crippen LogP contribution is 2.11. The minimum atomic E-state index is 0.0448. The van der Waals surface area contributed by atoms with E-state index >= 15 is 0 Å². The third kappa shape index (κ3) is 3.59. The van der Waals surface area contributed by atoms with Crippen LogP contribution in [0.15, 0.2) is 22.9 Å². The molecule has 3 nitrogen and oxygen atoms in total. The summed E-state index contributed by atoms with van der Waals surface area (Å²) in [4.78, 5) is 17.8. The molecule has 0 N–H and O–H groups in total. The Morgan fingerprint density at radius 1 is 1.62 bits per heavy atom. The van der Waals surface area contributed by atoms with Gasteiger partial charge in [-0.3, -0.25) is 4.79 Å². The summed E-state index contributed by atoms with van der Waals surface area (Å²) in [7, 11) is 1.84. The van der Waals surface area contributed by atoms with Crippen LogP contribution in [0.2, 0.25) is 0 Å². The Hall–Kier alpha value is -0.900. The van der Waals surface area contributed by atoms with Gasteiger partial charge in [0.05, 0.1) is 0 Å².